The summed E-state index contributed by atoms with van der Waals surface area (Å²) in [6, 6.07) is 5.78. The van der Waals surface area contributed by atoms with Crippen LogP contribution in [0.25, 0.3) is 0 Å². The fourth-order valence-electron chi connectivity index (χ4n) is 1.83. The Kier molecular flexibility index (Phi) is 6.12. The van der Waals surface area contributed by atoms with Crippen LogP contribution in [0.1, 0.15) is 32.8 Å². The second-order valence-corrected chi connectivity index (χ2v) is 7.11. The van der Waals surface area contributed by atoms with Gasteiger partial charge >= 0.3 is 0 Å². The van der Waals surface area contributed by atoms with Crippen molar-refractivity contribution in [2.24, 2.45) is 5.41 Å². The minimum atomic E-state index is -0.323. The largest absolute Gasteiger partial charge is 0.392 e. The van der Waals surface area contributed by atoms with E-state index in [1.54, 1.807) is 0 Å². The van der Waals surface area contributed by atoms with Crippen molar-refractivity contribution in [2.75, 3.05) is 6.54 Å². The molecule has 18 heavy (non-hydrogen) atoms. The van der Waals surface area contributed by atoms with E-state index in [0.717, 1.165) is 21.5 Å². The third kappa shape index (κ3) is 6.19. The first-order chi connectivity index (χ1) is 8.28. The standard InChI is InChI=1S/C14H21BrClNO/c1-14(2,3)7-12(18)9-17-8-10-6-11(15)4-5-13(10)16/h4-6,12,17-18H,7-9H2,1-3H3. The Balaban J connectivity index is 2.40. The van der Waals surface area contributed by atoms with Gasteiger partial charge in [0, 0.05) is 22.6 Å². The van der Waals surface area contributed by atoms with Crippen LogP contribution in [0.3, 0.4) is 0 Å². The van der Waals surface area contributed by atoms with Gasteiger partial charge in [-0.25, -0.2) is 0 Å². The minimum Gasteiger partial charge on any atom is -0.392 e. The highest BCUT2D eigenvalue weighted by molar-refractivity contribution is 9.10. The average molecular weight is 335 g/mol. The first-order valence-corrected chi connectivity index (χ1v) is 7.28. The fraction of sp³-hybridized carbons (Fsp3) is 0.571. The van der Waals surface area contributed by atoms with Crippen molar-refractivity contribution in [1.82, 2.24) is 5.32 Å². The molecule has 0 radical (unpaired) electrons. The number of nitrogens with one attached hydrogen (secondary N) is 1. The van der Waals surface area contributed by atoms with Gasteiger partial charge in [-0.3, -0.25) is 0 Å². The first-order valence-electron chi connectivity index (χ1n) is 6.10. The second kappa shape index (κ2) is 6.90. The zero-order valence-electron chi connectivity index (χ0n) is 11.1. The van der Waals surface area contributed by atoms with E-state index in [1.807, 2.05) is 18.2 Å². The molecule has 1 rings (SSSR count). The van der Waals surface area contributed by atoms with Crippen LogP contribution in [-0.4, -0.2) is 17.8 Å². The summed E-state index contributed by atoms with van der Waals surface area (Å²) in [5, 5.41) is 13.9. The Bertz CT molecular complexity index is 390. The van der Waals surface area contributed by atoms with E-state index in [4.69, 9.17) is 11.6 Å². The third-order valence-corrected chi connectivity index (χ3v) is 3.41. The lowest BCUT2D eigenvalue weighted by molar-refractivity contribution is 0.119. The molecule has 1 atom stereocenters. The van der Waals surface area contributed by atoms with Crippen molar-refractivity contribution in [3.05, 3.63) is 33.3 Å². The smallest absolute Gasteiger partial charge is 0.0669 e. The summed E-state index contributed by atoms with van der Waals surface area (Å²) in [6.07, 6.45) is 0.461. The molecule has 2 nitrogen and oxygen atoms in total. The molecule has 1 aromatic rings. The van der Waals surface area contributed by atoms with Gasteiger partial charge in [0.25, 0.3) is 0 Å². The molecule has 0 aliphatic carbocycles. The van der Waals surface area contributed by atoms with Crippen LogP contribution < -0.4 is 5.32 Å². The molecule has 102 valence electrons. The summed E-state index contributed by atoms with van der Waals surface area (Å²) in [5.74, 6) is 0. The van der Waals surface area contributed by atoms with Gasteiger partial charge in [0.2, 0.25) is 0 Å². The number of halogens is 2. The summed E-state index contributed by atoms with van der Waals surface area (Å²) in [6.45, 7) is 7.63. The zero-order valence-corrected chi connectivity index (χ0v) is 13.5. The van der Waals surface area contributed by atoms with Gasteiger partial charge in [-0.05, 0) is 35.6 Å². The number of benzene rings is 1. The monoisotopic (exact) mass is 333 g/mol. The molecule has 0 saturated heterocycles. The molecule has 0 aliphatic rings. The van der Waals surface area contributed by atoms with Crippen LogP contribution in [-0.2, 0) is 6.54 Å². The van der Waals surface area contributed by atoms with Crippen molar-refractivity contribution in [3.63, 3.8) is 0 Å². The van der Waals surface area contributed by atoms with Crippen molar-refractivity contribution < 1.29 is 5.11 Å². The van der Waals surface area contributed by atoms with Gasteiger partial charge in [-0.15, -0.1) is 0 Å². The van der Waals surface area contributed by atoms with Crippen molar-refractivity contribution in [2.45, 2.75) is 39.8 Å². The van der Waals surface area contributed by atoms with E-state index >= 15 is 0 Å². The lowest BCUT2D eigenvalue weighted by atomic mass is 9.89. The van der Waals surface area contributed by atoms with E-state index in [9.17, 15) is 5.11 Å². The van der Waals surface area contributed by atoms with Crippen LogP contribution in [0.15, 0.2) is 22.7 Å². The number of rotatable bonds is 5. The van der Waals surface area contributed by atoms with Crippen molar-refractivity contribution >= 4 is 27.5 Å². The van der Waals surface area contributed by atoms with E-state index in [0.29, 0.717) is 13.1 Å². The van der Waals surface area contributed by atoms with Crippen molar-refractivity contribution in [3.8, 4) is 0 Å². The van der Waals surface area contributed by atoms with Gasteiger partial charge < -0.3 is 10.4 Å². The Morgan fingerprint density at radius 3 is 2.67 bits per heavy atom. The highest BCUT2D eigenvalue weighted by Gasteiger charge is 2.16. The molecule has 1 unspecified atom stereocenters. The molecule has 0 heterocycles. The van der Waals surface area contributed by atoms with Crippen LogP contribution in [0.5, 0.6) is 0 Å². The molecule has 0 fully saturated rings. The maximum absolute atomic E-state index is 9.88. The molecular formula is C14H21BrClNO. The lowest BCUT2D eigenvalue weighted by Crippen LogP contribution is -2.29. The molecule has 0 amide bonds. The van der Waals surface area contributed by atoms with Crippen LogP contribution in [0.2, 0.25) is 5.02 Å². The quantitative estimate of drug-likeness (QED) is 0.853. The summed E-state index contributed by atoms with van der Waals surface area (Å²) in [4.78, 5) is 0. The second-order valence-electron chi connectivity index (χ2n) is 5.79. The van der Waals surface area contributed by atoms with Gasteiger partial charge in [-0.2, -0.15) is 0 Å². The van der Waals surface area contributed by atoms with E-state index in [2.05, 4.69) is 42.0 Å². The Morgan fingerprint density at radius 1 is 1.39 bits per heavy atom. The number of aliphatic hydroxyl groups is 1. The van der Waals surface area contributed by atoms with Crippen LogP contribution in [0.4, 0.5) is 0 Å². The van der Waals surface area contributed by atoms with Gasteiger partial charge in [0.1, 0.15) is 0 Å². The van der Waals surface area contributed by atoms with Crippen molar-refractivity contribution in [1.29, 1.82) is 0 Å². The van der Waals surface area contributed by atoms with E-state index in [1.165, 1.54) is 0 Å². The first kappa shape index (κ1) is 16.0. The molecule has 0 aliphatic heterocycles. The SMILES string of the molecule is CC(C)(C)CC(O)CNCc1cc(Br)ccc1Cl. The van der Waals surface area contributed by atoms with Gasteiger partial charge in [0.05, 0.1) is 6.10 Å². The molecule has 0 spiro atoms. The van der Waals surface area contributed by atoms with Crippen LogP contribution in [0, 0.1) is 5.41 Å². The predicted molar refractivity (Wildman–Crippen MR) is 80.9 cm³/mol. The zero-order chi connectivity index (χ0) is 13.8. The maximum Gasteiger partial charge on any atom is 0.0669 e. The van der Waals surface area contributed by atoms with Gasteiger partial charge in [-0.1, -0.05) is 48.3 Å². The van der Waals surface area contributed by atoms with Crippen LogP contribution >= 0.6 is 27.5 Å². The van der Waals surface area contributed by atoms with E-state index < -0.39 is 0 Å². The normalized spacial score (nSPS) is 13.7. The summed E-state index contributed by atoms with van der Waals surface area (Å²) >= 11 is 9.52. The Labute approximate surface area is 123 Å². The predicted octanol–water partition coefficient (Wildman–Crippen LogP) is 3.99. The topological polar surface area (TPSA) is 32.3 Å². The Hall–Kier alpha value is -0.0900. The number of hydrogen-bond donors (Lipinski definition) is 2. The molecule has 0 saturated carbocycles. The molecule has 0 bridgehead atoms. The molecular weight excluding hydrogens is 314 g/mol. The van der Waals surface area contributed by atoms with Gasteiger partial charge in [0.15, 0.2) is 0 Å². The fourth-order valence-corrected chi connectivity index (χ4v) is 2.42. The summed E-state index contributed by atoms with van der Waals surface area (Å²) in [5.41, 5.74) is 1.18. The summed E-state index contributed by atoms with van der Waals surface area (Å²) in [7, 11) is 0. The third-order valence-electron chi connectivity index (χ3n) is 2.55. The lowest BCUT2D eigenvalue weighted by Gasteiger charge is -2.22. The molecule has 0 aromatic heterocycles. The molecule has 2 N–H and O–H groups in total. The minimum absolute atomic E-state index is 0.147. The Morgan fingerprint density at radius 2 is 2.06 bits per heavy atom. The number of hydrogen-bond acceptors (Lipinski definition) is 2. The molecule has 4 heteroatoms. The highest BCUT2D eigenvalue weighted by Crippen LogP contribution is 2.22. The molecule has 1 aromatic carbocycles. The van der Waals surface area contributed by atoms with E-state index in [-0.39, 0.29) is 11.5 Å². The summed E-state index contributed by atoms with van der Waals surface area (Å²) < 4.78 is 1.01. The average Bonchev–Trinajstić information content (AvgIpc) is 2.20. The number of aliphatic hydroxyl groups excluding tert-OH is 1. The maximum atomic E-state index is 9.88. The highest BCUT2D eigenvalue weighted by atomic mass is 79.9.